The number of aryl methyl sites for hydroxylation is 1. The lowest BCUT2D eigenvalue weighted by Gasteiger charge is -2.20. The first-order chi connectivity index (χ1) is 15.2. The third-order valence-corrected chi connectivity index (χ3v) is 8.45. The highest BCUT2D eigenvalue weighted by molar-refractivity contribution is 6.90. The van der Waals surface area contributed by atoms with Gasteiger partial charge in [0.1, 0.15) is 17.0 Å². The molecule has 32 heavy (non-hydrogen) atoms. The van der Waals surface area contributed by atoms with Gasteiger partial charge in [-0.2, -0.15) is 0 Å². The zero-order chi connectivity index (χ0) is 22.8. The Kier molecular flexibility index (Phi) is 4.71. The van der Waals surface area contributed by atoms with Crippen LogP contribution >= 0.6 is 0 Å². The second-order valence-electron chi connectivity index (χ2n) is 9.85. The fourth-order valence-corrected chi connectivity index (χ4v) is 6.53. The molecule has 0 bridgehead atoms. The van der Waals surface area contributed by atoms with Crippen LogP contribution in [-0.2, 0) is 0 Å². The molecule has 4 aromatic rings. The number of furan rings is 1. The lowest BCUT2D eigenvalue weighted by molar-refractivity contribution is 0.670. The number of nitrogens with zero attached hydrogens (tertiary/aromatic N) is 3. The van der Waals surface area contributed by atoms with Crippen molar-refractivity contribution >= 4 is 46.7 Å². The van der Waals surface area contributed by atoms with Gasteiger partial charge in [-0.1, -0.05) is 43.9 Å². The minimum atomic E-state index is -1.59. The molecule has 0 fully saturated rings. The van der Waals surface area contributed by atoms with Crippen LogP contribution < -0.4 is 5.19 Å². The molecule has 0 saturated heterocycles. The average Bonchev–Trinajstić information content (AvgIpc) is 3.27. The molecule has 0 N–H and O–H groups in total. The van der Waals surface area contributed by atoms with Crippen LogP contribution in [0.2, 0.25) is 19.6 Å². The molecule has 5 heteroatoms. The van der Waals surface area contributed by atoms with E-state index in [9.17, 15) is 0 Å². The number of aliphatic imine (C=N–C) groups is 2. The number of rotatable bonds is 3. The predicted octanol–water partition coefficient (Wildman–Crippen LogP) is 6.42. The molecule has 1 aliphatic heterocycles. The first-order valence-electron chi connectivity index (χ1n) is 11.2. The summed E-state index contributed by atoms with van der Waals surface area (Å²) in [6, 6.07) is 12.9. The molecule has 0 radical (unpaired) electrons. The van der Waals surface area contributed by atoms with Gasteiger partial charge >= 0.3 is 0 Å². The largest absolute Gasteiger partial charge is 0.455 e. The third kappa shape index (κ3) is 3.15. The molecule has 1 atom stereocenters. The molecule has 162 valence electrons. The zero-order valence-corrected chi connectivity index (χ0v) is 20.9. The summed E-state index contributed by atoms with van der Waals surface area (Å²) in [5.74, 6) is 0.837. The van der Waals surface area contributed by atoms with Crippen LogP contribution in [0, 0.1) is 13.8 Å². The zero-order valence-electron chi connectivity index (χ0n) is 19.9. The number of hydrogen-bond donors (Lipinski definition) is 0. The molecule has 0 spiro atoms. The topological polar surface area (TPSA) is 50.8 Å². The Labute approximate surface area is 190 Å². The summed E-state index contributed by atoms with van der Waals surface area (Å²) in [5, 5.41) is 3.85. The van der Waals surface area contributed by atoms with Gasteiger partial charge < -0.3 is 4.42 Å². The standard InChI is InChI=1S/C27H29N3OSi/c1-15-14-28-25(16(2)23(15)26-17(3)29-18(4)30-26)20-12-13-22(32(5,6)7)24-19-10-8-9-11-21(19)31-27(20)24/h8-14,17H,1-7H3. The number of amidine groups is 1. The lowest BCUT2D eigenvalue weighted by atomic mass is 9.93. The molecule has 1 unspecified atom stereocenters. The molecule has 0 aliphatic carbocycles. The molecule has 4 nitrogen and oxygen atoms in total. The van der Waals surface area contributed by atoms with Crippen molar-refractivity contribution in [3.63, 3.8) is 0 Å². The number of aromatic nitrogens is 1. The average molecular weight is 440 g/mol. The molecule has 5 rings (SSSR count). The monoisotopic (exact) mass is 439 g/mol. The van der Waals surface area contributed by atoms with E-state index in [1.165, 1.54) is 16.0 Å². The smallest absolute Gasteiger partial charge is 0.144 e. The van der Waals surface area contributed by atoms with Crippen molar-refractivity contribution in [2.45, 2.75) is 53.4 Å². The van der Waals surface area contributed by atoms with Gasteiger partial charge in [-0.25, -0.2) is 4.99 Å². The fraction of sp³-hybridized carbons (Fsp3) is 0.296. The van der Waals surface area contributed by atoms with Crippen LogP contribution in [0.5, 0.6) is 0 Å². The molecular formula is C27H29N3OSi. The fourth-order valence-electron chi connectivity index (χ4n) is 4.95. The van der Waals surface area contributed by atoms with Crippen molar-refractivity contribution in [1.82, 2.24) is 4.98 Å². The van der Waals surface area contributed by atoms with E-state index < -0.39 is 8.07 Å². The summed E-state index contributed by atoms with van der Waals surface area (Å²) in [4.78, 5) is 14.3. The molecule has 0 saturated carbocycles. The van der Waals surface area contributed by atoms with E-state index in [0.717, 1.165) is 50.7 Å². The van der Waals surface area contributed by atoms with Gasteiger partial charge in [0.25, 0.3) is 0 Å². The summed E-state index contributed by atoms with van der Waals surface area (Å²) in [6.45, 7) is 15.5. The lowest BCUT2D eigenvalue weighted by Crippen LogP contribution is -2.38. The highest BCUT2D eigenvalue weighted by atomic mass is 28.3. The predicted molar refractivity (Wildman–Crippen MR) is 139 cm³/mol. The Balaban J connectivity index is 1.82. The van der Waals surface area contributed by atoms with Crippen molar-refractivity contribution in [3.05, 3.63) is 59.3 Å². The van der Waals surface area contributed by atoms with Crippen LogP contribution in [0.15, 0.2) is 57.0 Å². The Morgan fingerprint density at radius 2 is 1.72 bits per heavy atom. The second kappa shape index (κ2) is 7.24. The third-order valence-electron chi connectivity index (χ3n) is 6.42. The van der Waals surface area contributed by atoms with Gasteiger partial charge in [-0.05, 0) is 56.1 Å². The highest BCUT2D eigenvalue weighted by Crippen LogP contribution is 2.37. The van der Waals surface area contributed by atoms with E-state index >= 15 is 0 Å². The maximum Gasteiger partial charge on any atom is 0.144 e. The van der Waals surface area contributed by atoms with Crippen LogP contribution in [0.1, 0.15) is 30.5 Å². The number of hydrogen-bond acceptors (Lipinski definition) is 4. The Bertz CT molecular complexity index is 1450. The molecule has 2 aromatic heterocycles. The van der Waals surface area contributed by atoms with Gasteiger partial charge in [-0.3, -0.25) is 9.98 Å². The first-order valence-corrected chi connectivity index (χ1v) is 14.7. The van der Waals surface area contributed by atoms with E-state index in [0.29, 0.717) is 0 Å². The Morgan fingerprint density at radius 1 is 0.969 bits per heavy atom. The van der Waals surface area contributed by atoms with E-state index in [-0.39, 0.29) is 6.04 Å². The van der Waals surface area contributed by atoms with Gasteiger partial charge in [0.2, 0.25) is 0 Å². The summed E-state index contributed by atoms with van der Waals surface area (Å²) in [5.41, 5.74) is 8.30. The number of para-hydroxylation sites is 1. The van der Waals surface area contributed by atoms with Gasteiger partial charge in [0.15, 0.2) is 0 Å². The van der Waals surface area contributed by atoms with Gasteiger partial charge in [0.05, 0.1) is 25.5 Å². The Hall–Kier alpha value is -3.05. The van der Waals surface area contributed by atoms with Crippen molar-refractivity contribution in [1.29, 1.82) is 0 Å². The second-order valence-corrected chi connectivity index (χ2v) is 14.9. The Morgan fingerprint density at radius 3 is 2.41 bits per heavy atom. The van der Waals surface area contributed by atoms with E-state index in [4.69, 9.17) is 14.4 Å². The molecule has 1 aliphatic rings. The number of fused-ring (bicyclic) bond motifs is 3. The maximum atomic E-state index is 6.49. The SMILES string of the molecule is CC1=NC(C)C(c2c(C)cnc(-c3ccc([Si](C)(C)C)c4c3oc3ccccc34)c2C)=N1. The number of benzene rings is 2. The van der Waals surface area contributed by atoms with Crippen molar-refractivity contribution in [2.24, 2.45) is 9.98 Å². The minimum Gasteiger partial charge on any atom is -0.455 e. The highest BCUT2D eigenvalue weighted by Gasteiger charge is 2.27. The van der Waals surface area contributed by atoms with Gasteiger partial charge in [-0.15, -0.1) is 0 Å². The van der Waals surface area contributed by atoms with Crippen LogP contribution in [0.3, 0.4) is 0 Å². The van der Waals surface area contributed by atoms with Crippen LogP contribution in [0.25, 0.3) is 33.2 Å². The van der Waals surface area contributed by atoms with Crippen LogP contribution in [-0.4, -0.2) is 30.6 Å². The summed E-state index contributed by atoms with van der Waals surface area (Å²) in [6.07, 6.45) is 1.96. The minimum absolute atomic E-state index is 0.0585. The summed E-state index contributed by atoms with van der Waals surface area (Å²) >= 11 is 0. The normalized spacial score (nSPS) is 16.7. The summed E-state index contributed by atoms with van der Waals surface area (Å²) < 4.78 is 6.49. The maximum absolute atomic E-state index is 6.49. The number of pyridine rings is 1. The van der Waals surface area contributed by atoms with Crippen molar-refractivity contribution in [3.8, 4) is 11.3 Å². The van der Waals surface area contributed by atoms with E-state index in [1.807, 2.05) is 19.2 Å². The summed E-state index contributed by atoms with van der Waals surface area (Å²) in [7, 11) is -1.59. The molecule has 2 aromatic carbocycles. The van der Waals surface area contributed by atoms with Crippen LogP contribution in [0.4, 0.5) is 0 Å². The van der Waals surface area contributed by atoms with Crippen molar-refractivity contribution < 1.29 is 4.42 Å². The van der Waals surface area contributed by atoms with E-state index in [2.05, 4.69) is 75.7 Å². The first kappa shape index (κ1) is 20.8. The quantitative estimate of drug-likeness (QED) is 0.346. The van der Waals surface area contributed by atoms with Gasteiger partial charge in [0, 0.05) is 28.1 Å². The molecular weight excluding hydrogens is 410 g/mol. The molecule has 0 amide bonds. The molecule has 3 heterocycles. The van der Waals surface area contributed by atoms with E-state index in [1.54, 1.807) is 0 Å². The van der Waals surface area contributed by atoms with Crippen molar-refractivity contribution in [2.75, 3.05) is 0 Å².